The van der Waals surface area contributed by atoms with Crippen LogP contribution in [0.15, 0.2) is 18.2 Å². The van der Waals surface area contributed by atoms with Gasteiger partial charge in [0.25, 0.3) is 0 Å². The van der Waals surface area contributed by atoms with Gasteiger partial charge in [0.05, 0.1) is 12.5 Å². The quantitative estimate of drug-likeness (QED) is 0.856. The number of carboxylic acids is 1. The zero-order valence-corrected chi connectivity index (χ0v) is 13.1. The summed E-state index contributed by atoms with van der Waals surface area (Å²) in [6.45, 7) is 4.05. The Morgan fingerprint density at radius 3 is 2.48 bits per heavy atom. The van der Waals surface area contributed by atoms with E-state index in [1.165, 1.54) is 12.0 Å². The van der Waals surface area contributed by atoms with Gasteiger partial charge >= 0.3 is 5.97 Å². The molecule has 0 aromatic heterocycles. The van der Waals surface area contributed by atoms with E-state index in [9.17, 15) is 15.0 Å². The lowest BCUT2D eigenvalue weighted by atomic mass is 9.68. The molecular formula is C18H26O3. The first-order valence-corrected chi connectivity index (χ1v) is 7.89. The molecule has 21 heavy (non-hydrogen) atoms. The topological polar surface area (TPSA) is 57.5 Å². The molecule has 0 bridgehead atoms. The standard InChI is InChI=1S/C18H26O3/c1-13-6-7-15(14(2)10-13)16(19)11-18(12-17(20)21)8-4-3-5-9-18/h6-7,10,16,19H,3-5,8-9,11-12H2,1-2H3,(H,20,21). The van der Waals surface area contributed by atoms with E-state index in [4.69, 9.17) is 0 Å². The summed E-state index contributed by atoms with van der Waals surface area (Å²) in [6.07, 6.45) is 5.34. The average Bonchev–Trinajstić information content (AvgIpc) is 2.38. The van der Waals surface area contributed by atoms with Crippen LogP contribution in [0, 0.1) is 19.3 Å². The number of aliphatic hydroxyl groups excluding tert-OH is 1. The van der Waals surface area contributed by atoms with Gasteiger partial charge in [0, 0.05) is 0 Å². The van der Waals surface area contributed by atoms with Gasteiger partial charge in [0.1, 0.15) is 0 Å². The second-order valence-electron chi connectivity index (χ2n) is 6.71. The van der Waals surface area contributed by atoms with Crippen LogP contribution in [-0.4, -0.2) is 16.2 Å². The fourth-order valence-corrected chi connectivity index (χ4v) is 3.80. The van der Waals surface area contributed by atoms with Crippen LogP contribution in [0.2, 0.25) is 0 Å². The monoisotopic (exact) mass is 290 g/mol. The fourth-order valence-electron chi connectivity index (χ4n) is 3.80. The zero-order chi connectivity index (χ0) is 15.5. The molecule has 1 unspecified atom stereocenters. The molecule has 1 aromatic rings. The summed E-state index contributed by atoms with van der Waals surface area (Å²) in [5.41, 5.74) is 2.97. The summed E-state index contributed by atoms with van der Waals surface area (Å²) in [5, 5.41) is 19.9. The number of benzene rings is 1. The molecule has 0 aliphatic heterocycles. The molecule has 1 atom stereocenters. The van der Waals surface area contributed by atoms with E-state index in [0.29, 0.717) is 6.42 Å². The van der Waals surface area contributed by atoms with E-state index in [0.717, 1.165) is 36.8 Å². The van der Waals surface area contributed by atoms with Gasteiger partial charge < -0.3 is 10.2 Å². The zero-order valence-electron chi connectivity index (χ0n) is 13.1. The summed E-state index contributed by atoms with van der Waals surface area (Å²) in [7, 11) is 0. The number of hydrogen-bond acceptors (Lipinski definition) is 2. The van der Waals surface area contributed by atoms with Crippen LogP contribution < -0.4 is 0 Å². The molecule has 1 saturated carbocycles. The van der Waals surface area contributed by atoms with Gasteiger partial charge in [-0.1, -0.05) is 43.0 Å². The van der Waals surface area contributed by atoms with E-state index in [1.54, 1.807) is 0 Å². The lowest BCUT2D eigenvalue weighted by Crippen LogP contribution is -2.29. The number of hydrogen-bond donors (Lipinski definition) is 2. The van der Waals surface area contributed by atoms with Crippen LogP contribution >= 0.6 is 0 Å². The third-order valence-electron chi connectivity index (χ3n) is 4.85. The molecule has 116 valence electrons. The molecule has 1 aliphatic carbocycles. The Morgan fingerprint density at radius 2 is 1.90 bits per heavy atom. The summed E-state index contributed by atoms with van der Waals surface area (Å²) < 4.78 is 0. The maximum atomic E-state index is 11.2. The number of carbonyl (C=O) groups is 1. The predicted octanol–water partition coefficient (Wildman–Crippen LogP) is 4.15. The number of rotatable bonds is 5. The van der Waals surface area contributed by atoms with Gasteiger partial charge in [-0.3, -0.25) is 4.79 Å². The number of aryl methyl sites for hydroxylation is 2. The van der Waals surface area contributed by atoms with E-state index >= 15 is 0 Å². The van der Waals surface area contributed by atoms with E-state index < -0.39 is 12.1 Å². The maximum absolute atomic E-state index is 11.2. The van der Waals surface area contributed by atoms with Crippen molar-refractivity contribution in [2.24, 2.45) is 5.41 Å². The summed E-state index contributed by atoms with van der Waals surface area (Å²) >= 11 is 0. The largest absolute Gasteiger partial charge is 0.481 e. The Kier molecular flexibility index (Phi) is 5.04. The molecule has 0 saturated heterocycles. The SMILES string of the molecule is Cc1ccc(C(O)CC2(CC(=O)O)CCCCC2)c(C)c1. The van der Waals surface area contributed by atoms with Crippen molar-refractivity contribution in [1.29, 1.82) is 0 Å². The second kappa shape index (κ2) is 6.61. The highest BCUT2D eigenvalue weighted by Crippen LogP contribution is 2.46. The summed E-state index contributed by atoms with van der Waals surface area (Å²) in [4.78, 5) is 11.2. The highest BCUT2D eigenvalue weighted by atomic mass is 16.4. The first-order valence-electron chi connectivity index (χ1n) is 7.89. The van der Waals surface area contributed by atoms with Gasteiger partial charge in [-0.15, -0.1) is 0 Å². The minimum atomic E-state index is -0.746. The van der Waals surface area contributed by atoms with Crippen LogP contribution in [0.25, 0.3) is 0 Å². The van der Waals surface area contributed by atoms with Gasteiger partial charge in [-0.25, -0.2) is 0 Å². The molecule has 0 amide bonds. The molecular weight excluding hydrogens is 264 g/mol. The molecule has 2 N–H and O–H groups in total. The molecule has 2 rings (SSSR count). The molecule has 1 aliphatic rings. The Bertz CT molecular complexity index is 501. The smallest absolute Gasteiger partial charge is 0.303 e. The van der Waals surface area contributed by atoms with Crippen LogP contribution in [-0.2, 0) is 4.79 Å². The summed E-state index contributed by atoms with van der Waals surface area (Å²) in [6, 6.07) is 6.06. The van der Waals surface area contributed by atoms with Crippen LogP contribution in [0.5, 0.6) is 0 Å². The van der Waals surface area contributed by atoms with Crippen molar-refractivity contribution in [3.8, 4) is 0 Å². The average molecular weight is 290 g/mol. The predicted molar refractivity (Wildman–Crippen MR) is 83.3 cm³/mol. The van der Waals surface area contributed by atoms with E-state index in [1.807, 2.05) is 26.0 Å². The van der Waals surface area contributed by atoms with E-state index in [2.05, 4.69) is 6.07 Å². The van der Waals surface area contributed by atoms with Crippen molar-refractivity contribution >= 4 is 5.97 Å². The molecule has 1 fully saturated rings. The number of aliphatic carboxylic acids is 1. The highest BCUT2D eigenvalue weighted by molar-refractivity contribution is 5.67. The first-order chi connectivity index (χ1) is 9.92. The minimum absolute atomic E-state index is 0.176. The van der Waals surface area contributed by atoms with Gasteiger partial charge in [-0.05, 0) is 49.7 Å². The Labute approximate surface area is 127 Å². The van der Waals surface area contributed by atoms with Gasteiger partial charge in [0.2, 0.25) is 0 Å². The third-order valence-corrected chi connectivity index (χ3v) is 4.85. The molecule has 0 spiro atoms. The molecule has 3 nitrogen and oxygen atoms in total. The van der Waals surface area contributed by atoms with Crippen LogP contribution in [0.4, 0.5) is 0 Å². The highest BCUT2D eigenvalue weighted by Gasteiger charge is 2.36. The minimum Gasteiger partial charge on any atom is -0.481 e. The van der Waals surface area contributed by atoms with Crippen molar-refractivity contribution in [1.82, 2.24) is 0 Å². The Hall–Kier alpha value is -1.35. The van der Waals surface area contributed by atoms with Crippen molar-refractivity contribution in [3.63, 3.8) is 0 Å². The molecule has 0 heterocycles. The van der Waals surface area contributed by atoms with Crippen molar-refractivity contribution < 1.29 is 15.0 Å². The van der Waals surface area contributed by atoms with Crippen molar-refractivity contribution in [3.05, 3.63) is 34.9 Å². The number of carboxylic acid groups (broad SMARTS) is 1. The third kappa shape index (κ3) is 4.07. The Morgan fingerprint density at radius 1 is 1.24 bits per heavy atom. The first kappa shape index (κ1) is 16.0. The van der Waals surface area contributed by atoms with Gasteiger partial charge in [0.15, 0.2) is 0 Å². The second-order valence-corrected chi connectivity index (χ2v) is 6.71. The fraction of sp³-hybridized carbons (Fsp3) is 0.611. The molecule has 1 aromatic carbocycles. The molecule has 3 heteroatoms. The summed E-state index contributed by atoms with van der Waals surface area (Å²) in [5.74, 6) is -0.746. The lowest BCUT2D eigenvalue weighted by Gasteiger charge is -2.38. The van der Waals surface area contributed by atoms with Crippen molar-refractivity contribution in [2.45, 2.75) is 64.9 Å². The maximum Gasteiger partial charge on any atom is 0.303 e. The Balaban J connectivity index is 2.17. The van der Waals surface area contributed by atoms with Crippen LogP contribution in [0.1, 0.15) is 67.7 Å². The molecule has 0 radical (unpaired) electrons. The number of aliphatic hydroxyl groups is 1. The van der Waals surface area contributed by atoms with Gasteiger partial charge in [-0.2, -0.15) is 0 Å². The van der Waals surface area contributed by atoms with Crippen molar-refractivity contribution in [2.75, 3.05) is 0 Å². The lowest BCUT2D eigenvalue weighted by molar-refractivity contribution is -0.141. The normalized spacial score (nSPS) is 19.2. The van der Waals surface area contributed by atoms with Crippen LogP contribution in [0.3, 0.4) is 0 Å². The van der Waals surface area contributed by atoms with E-state index in [-0.39, 0.29) is 11.8 Å².